The average molecular weight is 319 g/mol. The number of alkyl halides is 1. The number of halogens is 1. The molecule has 1 fully saturated rings. The Balaban J connectivity index is 2.21. The number of rotatable bonds is 9. The van der Waals surface area contributed by atoms with Crippen molar-refractivity contribution in [1.82, 2.24) is 9.80 Å². The van der Waals surface area contributed by atoms with E-state index in [-0.39, 0.29) is 0 Å². The summed E-state index contributed by atoms with van der Waals surface area (Å²) in [5.41, 5.74) is 0. The summed E-state index contributed by atoms with van der Waals surface area (Å²) < 4.78 is 0. The van der Waals surface area contributed by atoms with E-state index in [2.05, 4.69) is 34.7 Å². The fourth-order valence-electron chi connectivity index (χ4n) is 2.63. The zero-order chi connectivity index (χ0) is 13.4. The second kappa shape index (κ2) is 8.92. The van der Waals surface area contributed by atoms with Crippen molar-refractivity contribution >= 4 is 21.8 Å². The number of carbonyl (C=O) groups is 1. The molecule has 1 aliphatic heterocycles. The van der Waals surface area contributed by atoms with E-state index in [0.29, 0.717) is 11.8 Å². The normalized spacial score (nSPS) is 20.1. The van der Waals surface area contributed by atoms with Crippen molar-refractivity contribution in [2.24, 2.45) is 5.92 Å². The van der Waals surface area contributed by atoms with E-state index in [4.69, 9.17) is 0 Å². The van der Waals surface area contributed by atoms with Crippen LogP contribution in [0.3, 0.4) is 0 Å². The average Bonchev–Trinajstić information content (AvgIpc) is 2.71. The highest BCUT2D eigenvalue weighted by atomic mass is 79.9. The first-order valence-corrected chi connectivity index (χ1v) is 8.39. The maximum absolute atomic E-state index is 11.8. The van der Waals surface area contributed by atoms with Gasteiger partial charge in [-0.1, -0.05) is 29.8 Å². The van der Waals surface area contributed by atoms with Crippen LogP contribution in [0.4, 0.5) is 0 Å². The summed E-state index contributed by atoms with van der Waals surface area (Å²) in [4.78, 5) is 16.3. The number of likely N-dealkylation sites (tertiary alicyclic amines) is 1. The van der Waals surface area contributed by atoms with Gasteiger partial charge in [0.25, 0.3) is 0 Å². The number of amides is 1. The second-order valence-electron chi connectivity index (χ2n) is 5.26. The van der Waals surface area contributed by atoms with Gasteiger partial charge in [-0.25, -0.2) is 0 Å². The van der Waals surface area contributed by atoms with Gasteiger partial charge in [-0.3, -0.25) is 4.79 Å². The Hall–Kier alpha value is -0.0900. The van der Waals surface area contributed by atoms with Crippen molar-refractivity contribution in [3.63, 3.8) is 0 Å². The standard InChI is InChI=1S/C14H27BrN2O/c1-3-6-16(7-4-2)8-5-9-17-12-13(11-15)10-14(17)18/h13H,3-12H2,1-2H3. The Bertz CT molecular complexity index is 242. The smallest absolute Gasteiger partial charge is 0.222 e. The minimum atomic E-state index is 0.344. The zero-order valence-electron chi connectivity index (χ0n) is 11.8. The lowest BCUT2D eigenvalue weighted by molar-refractivity contribution is -0.127. The number of nitrogens with zero attached hydrogens (tertiary/aromatic N) is 2. The molecule has 0 aliphatic carbocycles. The van der Waals surface area contributed by atoms with Gasteiger partial charge in [-0.2, -0.15) is 0 Å². The topological polar surface area (TPSA) is 23.6 Å². The van der Waals surface area contributed by atoms with Crippen molar-refractivity contribution in [2.75, 3.05) is 38.1 Å². The molecule has 4 heteroatoms. The Morgan fingerprint density at radius 2 is 1.94 bits per heavy atom. The molecule has 0 aromatic heterocycles. The van der Waals surface area contributed by atoms with Crippen LogP contribution in [0.1, 0.15) is 39.5 Å². The maximum atomic E-state index is 11.8. The van der Waals surface area contributed by atoms with Crippen LogP contribution < -0.4 is 0 Å². The minimum Gasteiger partial charge on any atom is -0.342 e. The summed E-state index contributed by atoms with van der Waals surface area (Å²) >= 11 is 3.48. The summed E-state index contributed by atoms with van der Waals surface area (Å²) in [6, 6.07) is 0. The first-order valence-electron chi connectivity index (χ1n) is 7.27. The van der Waals surface area contributed by atoms with Crippen molar-refractivity contribution in [1.29, 1.82) is 0 Å². The third kappa shape index (κ3) is 5.27. The first-order chi connectivity index (χ1) is 8.71. The molecule has 1 heterocycles. The van der Waals surface area contributed by atoms with Crippen LogP contribution in [0, 0.1) is 5.92 Å². The van der Waals surface area contributed by atoms with E-state index in [0.717, 1.165) is 37.8 Å². The molecule has 106 valence electrons. The summed E-state index contributed by atoms with van der Waals surface area (Å²) in [6.07, 6.45) is 4.28. The van der Waals surface area contributed by atoms with Crippen LogP contribution in [-0.2, 0) is 4.79 Å². The van der Waals surface area contributed by atoms with E-state index >= 15 is 0 Å². The molecular weight excluding hydrogens is 292 g/mol. The highest BCUT2D eigenvalue weighted by Gasteiger charge is 2.28. The molecule has 0 bridgehead atoms. The largest absolute Gasteiger partial charge is 0.342 e. The molecule has 1 atom stereocenters. The lowest BCUT2D eigenvalue weighted by atomic mass is 10.2. The van der Waals surface area contributed by atoms with Crippen LogP contribution in [-0.4, -0.2) is 53.8 Å². The van der Waals surface area contributed by atoms with Gasteiger partial charge in [0.1, 0.15) is 0 Å². The Morgan fingerprint density at radius 1 is 1.28 bits per heavy atom. The summed E-state index contributed by atoms with van der Waals surface area (Å²) in [5, 5.41) is 0.951. The van der Waals surface area contributed by atoms with Gasteiger partial charge < -0.3 is 9.80 Å². The number of hydrogen-bond donors (Lipinski definition) is 0. The molecule has 0 aromatic rings. The van der Waals surface area contributed by atoms with Crippen LogP contribution in [0.25, 0.3) is 0 Å². The van der Waals surface area contributed by atoms with Gasteiger partial charge >= 0.3 is 0 Å². The van der Waals surface area contributed by atoms with E-state index in [1.165, 1.54) is 25.9 Å². The molecule has 18 heavy (non-hydrogen) atoms. The molecule has 0 radical (unpaired) electrons. The molecular formula is C14H27BrN2O. The number of carbonyl (C=O) groups excluding carboxylic acids is 1. The zero-order valence-corrected chi connectivity index (χ0v) is 13.4. The highest BCUT2D eigenvalue weighted by Crippen LogP contribution is 2.19. The van der Waals surface area contributed by atoms with E-state index < -0.39 is 0 Å². The predicted molar refractivity (Wildman–Crippen MR) is 80.1 cm³/mol. The summed E-state index contributed by atoms with van der Waals surface area (Å²) in [7, 11) is 0. The lowest BCUT2D eigenvalue weighted by Crippen LogP contribution is -2.32. The third-order valence-corrected chi connectivity index (χ3v) is 4.41. The van der Waals surface area contributed by atoms with Gasteiger partial charge in [0, 0.05) is 24.8 Å². The van der Waals surface area contributed by atoms with Crippen LogP contribution in [0.5, 0.6) is 0 Å². The molecule has 1 amide bonds. The van der Waals surface area contributed by atoms with Gasteiger partial charge in [0.05, 0.1) is 0 Å². The van der Waals surface area contributed by atoms with Gasteiger partial charge in [-0.05, 0) is 44.8 Å². The molecule has 0 spiro atoms. The molecule has 0 N–H and O–H groups in total. The van der Waals surface area contributed by atoms with Crippen LogP contribution >= 0.6 is 15.9 Å². The number of hydrogen-bond acceptors (Lipinski definition) is 2. The van der Waals surface area contributed by atoms with E-state index in [1.807, 2.05) is 4.90 Å². The predicted octanol–water partition coefficient (Wildman–Crippen LogP) is 2.74. The van der Waals surface area contributed by atoms with Crippen molar-refractivity contribution < 1.29 is 4.79 Å². The monoisotopic (exact) mass is 318 g/mol. The fourth-order valence-corrected chi connectivity index (χ4v) is 3.06. The molecule has 3 nitrogen and oxygen atoms in total. The lowest BCUT2D eigenvalue weighted by Gasteiger charge is -2.23. The molecule has 0 saturated carbocycles. The van der Waals surface area contributed by atoms with Crippen LogP contribution in [0.15, 0.2) is 0 Å². The van der Waals surface area contributed by atoms with Gasteiger partial charge in [0.15, 0.2) is 0 Å². The van der Waals surface area contributed by atoms with Gasteiger partial charge in [-0.15, -0.1) is 0 Å². The minimum absolute atomic E-state index is 0.344. The Morgan fingerprint density at radius 3 is 2.44 bits per heavy atom. The first kappa shape index (κ1) is 16.0. The quantitative estimate of drug-likeness (QED) is 0.610. The van der Waals surface area contributed by atoms with E-state index in [9.17, 15) is 4.79 Å². The molecule has 1 unspecified atom stereocenters. The van der Waals surface area contributed by atoms with E-state index in [1.54, 1.807) is 0 Å². The van der Waals surface area contributed by atoms with Crippen molar-refractivity contribution in [2.45, 2.75) is 39.5 Å². The third-order valence-electron chi connectivity index (χ3n) is 3.49. The SMILES string of the molecule is CCCN(CCC)CCCN1CC(CBr)CC1=O. The Kier molecular flexibility index (Phi) is 7.91. The van der Waals surface area contributed by atoms with Crippen molar-refractivity contribution in [3.05, 3.63) is 0 Å². The second-order valence-corrected chi connectivity index (χ2v) is 5.91. The van der Waals surface area contributed by atoms with Gasteiger partial charge in [0.2, 0.25) is 5.91 Å². The van der Waals surface area contributed by atoms with Crippen LogP contribution in [0.2, 0.25) is 0 Å². The maximum Gasteiger partial charge on any atom is 0.222 e. The molecule has 1 aliphatic rings. The fraction of sp³-hybridized carbons (Fsp3) is 0.929. The molecule has 1 rings (SSSR count). The summed E-state index contributed by atoms with van der Waals surface area (Å²) in [5.74, 6) is 0.872. The molecule has 1 saturated heterocycles. The molecule has 0 aromatic carbocycles. The highest BCUT2D eigenvalue weighted by molar-refractivity contribution is 9.09. The summed E-state index contributed by atoms with van der Waals surface area (Å²) in [6.45, 7) is 9.85. The Labute approximate surface area is 120 Å². The van der Waals surface area contributed by atoms with Crippen molar-refractivity contribution in [3.8, 4) is 0 Å².